The van der Waals surface area contributed by atoms with Crippen molar-refractivity contribution >= 4 is 34.4 Å². The maximum Gasteiger partial charge on any atom is 0.416 e. The summed E-state index contributed by atoms with van der Waals surface area (Å²) in [5.41, 5.74) is -0.280. The van der Waals surface area contributed by atoms with Crippen LogP contribution in [0.15, 0.2) is 70.7 Å². The van der Waals surface area contributed by atoms with Crippen molar-refractivity contribution in [2.75, 3.05) is 17.2 Å². The number of rotatable bonds is 3. The van der Waals surface area contributed by atoms with Gasteiger partial charge < -0.3 is 4.90 Å². The molecule has 0 N–H and O–H groups in total. The van der Waals surface area contributed by atoms with E-state index >= 15 is 0 Å². The minimum atomic E-state index is -4.51. The molecule has 1 amide bonds. The minimum absolute atomic E-state index is 0.109. The van der Waals surface area contributed by atoms with Gasteiger partial charge in [-0.15, -0.1) is 11.8 Å². The van der Waals surface area contributed by atoms with Gasteiger partial charge in [0.15, 0.2) is 5.65 Å². The average molecular weight is 471 g/mol. The van der Waals surface area contributed by atoms with Crippen molar-refractivity contribution in [2.24, 2.45) is 0 Å². The van der Waals surface area contributed by atoms with Crippen molar-refractivity contribution in [3.63, 3.8) is 0 Å². The first-order valence-corrected chi connectivity index (χ1v) is 10.9. The first-order valence-electron chi connectivity index (χ1n) is 9.96. The second-order valence-corrected chi connectivity index (χ2v) is 8.52. The topological polar surface area (TPSA) is 73.0 Å². The highest BCUT2D eigenvalue weighted by Gasteiger charge is 2.31. The number of para-hydroxylation sites is 1. The predicted octanol–water partition coefficient (Wildman–Crippen LogP) is 3.74. The lowest BCUT2D eigenvalue weighted by atomic mass is 10.2. The maximum atomic E-state index is 13.1. The normalized spacial score (nSPS) is 13.8. The van der Waals surface area contributed by atoms with Gasteiger partial charge in [0.05, 0.1) is 23.1 Å². The zero-order chi connectivity index (χ0) is 23.2. The van der Waals surface area contributed by atoms with Crippen LogP contribution in [0.4, 0.5) is 18.9 Å². The van der Waals surface area contributed by atoms with Gasteiger partial charge in [-0.25, -0.2) is 9.67 Å². The third-order valence-electron chi connectivity index (χ3n) is 5.31. The lowest BCUT2D eigenvalue weighted by Crippen LogP contribution is -2.39. The molecule has 0 saturated carbocycles. The Hall–Kier alpha value is -3.60. The molecular weight excluding hydrogens is 455 g/mol. The monoisotopic (exact) mass is 471 g/mol. The summed E-state index contributed by atoms with van der Waals surface area (Å²) in [5.74, 6) is 0.495. The Labute approximate surface area is 189 Å². The maximum absolute atomic E-state index is 13.1. The molecule has 3 heterocycles. The number of amides is 1. The van der Waals surface area contributed by atoms with Crippen LogP contribution in [0.2, 0.25) is 0 Å². The van der Waals surface area contributed by atoms with Crippen LogP contribution >= 0.6 is 11.8 Å². The summed E-state index contributed by atoms with van der Waals surface area (Å²) < 4.78 is 41.6. The van der Waals surface area contributed by atoms with Gasteiger partial charge >= 0.3 is 6.18 Å². The zero-order valence-electron chi connectivity index (χ0n) is 17.0. The zero-order valence-corrected chi connectivity index (χ0v) is 17.8. The molecule has 4 aromatic rings. The number of anilines is 1. The number of carbonyl (C=O) groups is 1. The first kappa shape index (κ1) is 21.3. The van der Waals surface area contributed by atoms with Crippen LogP contribution in [-0.2, 0) is 17.5 Å². The van der Waals surface area contributed by atoms with Crippen molar-refractivity contribution < 1.29 is 18.0 Å². The fourth-order valence-corrected chi connectivity index (χ4v) is 4.72. The Kier molecular flexibility index (Phi) is 5.20. The highest BCUT2D eigenvalue weighted by molar-refractivity contribution is 7.99. The summed E-state index contributed by atoms with van der Waals surface area (Å²) >= 11 is 1.67. The molecule has 7 nitrogen and oxygen atoms in total. The quantitative estimate of drug-likeness (QED) is 0.455. The second kappa shape index (κ2) is 8.07. The molecule has 2 aromatic heterocycles. The predicted molar refractivity (Wildman–Crippen MR) is 118 cm³/mol. The van der Waals surface area contributed by atoms with Gasteiger partial charge in [0.1, 0.15) is 18.3 Å². The lowest BCUT2D eigenvalue weighted by molar-refractivity contribution is -0.137. The smallest absolute Gasteiger partial charge is 0.309 e. The highest BCUT2D eigenvalue weighted by Crippen LogP contribution is 2.34. The van der Waals surface area contributed by atoms with Crippen LogP contribution in [0.1, 0.15) is 5.56 Å². The minimum Gasteiger partial charge on any atom is -0.309 e. The van der Waals surface area contributed by atoms with E-state index in [9.17, 15) is 22.8 Å². The van der Waals surface area contributed by atoms with Crippen LogP contribution in [0, 0.1) is 0 Å². The fraction of sp³-hybridized carbons (Fsp3) is 0.182. The number of benzene rings is 2. The molecule has 0 bridgehead atoms. The number of thioether (sulfide) groups is 1. The Morgan fingerprint density at radius 3 is 2.76 bits per heavy atom. The van der Waals surface area contributed by atoms with Gasteiger partial charge in [0.2, 0.25) is 5.91 Å². The molecule has 2 aromatic carbocycles. The van der Waals surface area contributed by atoms with Crippen molar-refractivity contribution in [3.05, 3.63) is 77.0 Å². The molecular formula is C22H16F3N5O2S. The van der Waals surface area contributed by atoms with E-state index in [1.807, 2.05) is 24.3 Å². The van der Waals surface area contributed by atoms with E-state index in [4.69, 9.17) is 0 Å². The second-order valence-electron chi connectivity index (χ2n) is 7.38. The molecule has 1 aliphatic rings. The van der Waals surface area contributed by atoms with Crippen molar-refractivity contribution in [1.29, 1.82) is 0 Å². The third-order valence-corrected chi connectivity index (χ3v) is 6.35. The largest absolute Gasteiger partial charge is 0.416 e. The van der Waals surface area contributed by atoms with Gasteiger partial charge in [0, 0.05) is 17.2 Å². The van der Waals surface area contributed by atoms with Gasteiger partial charge in [-0.05, 0) is 30.3 Å². The van der Waals surface area contributed by atoms with Crippen LogP contribution < -0.4 is 10.5 Å². The number of aromatic nitrogens is 4. The number of hydrogen-bond acceptors (Lipinski definition) is 5. The van der Waals surface area contributed by atoms with E-state index in [1.54, 1.807) is 16.7 Å². The Bertz CT molecular complexity index is 1430. The molecule has 5 rings (SSSR count). The van der Waals surface area contributed by atoms with Gasteiger partial charge in [-0.1, -0.05) is 18.2 Å². The van der Waals surface area contributed by atoms with E-state index < -0.39 is 17.3 Å². The summed E-state index contributed by atoms with van der Waals surface area (Å²) in [6.07, 6.45) is -2.04. The van der Waals surface area contributed by atoms with Crippen LogP contribution in [0.5, 0.6) is 0 Å². The highest BCUT2D eigenvalue weighted by atomic mass is 32.2. The van der Waals surface area contributed by atoms with E-state index in [-0.39, 0.29) is 29.2 Å². The molecule has 33 heavy (non-hydrogen) atoms. The van der Waals surface area contributed by atoms with Crippen LogP contribution in [0.3, 0.4) is 0 Å². The molecule has 11 heteroatoms. The number of halogens is 3. The molecule has 0 unspecified atom stereocenters. The van der Waals surface area contributed by atoms with Gasteiger partial charge in [0.25, 0.3) is 5.56 Å². The van der Waals surface area contributed by atoms with E-state index in [0.29, 0.717) is 6.54 Å². The fourth-order valence-electron chi connectivity index (χ4n) is 3.72. The summed E-state index contributed by atoms with van der Waals surface area (Å²) in [6.45, 7) is 0.313. The number of nitrogens with zero attached hydrogens (tertiary/aromatic N) is 5. The number of hydrogen-bond donors (Lipinski definition) is 0. The Morgan fingerprint density at radius 2 is 1.94 bits per heavy atom. The van der Waals surface area contributed by atoms with Gasteiger partial charge in [-0.2, -0.15) is 18.3 Å². The third kappa shape index (κ3) is 3.88. The molecule has 0 atom stereocenters. The number of fused-ring (bicyclic) bond motifs is 2. The summed E-state index contributed by atoms with van der Waals surface area (Å²) in [7, 11) is 0. The standard InChI is InChI=1S/C22H16F3N5O2S/c23-22(24,25)14-4-3-5-15(10-14)30-20-16(11-27-30)21(32)28(13-26-20)12-19(31)29-8-9-33-18-7-2-1-6-17(18)29/h1-7,10-11,13H,8-9,12H2. The molecule has 0 radical (unpaired) electrons. The summed E-state index contributed by atoms with van der Waals surface area (Å²) in [5, 5.41) is 4.17. The van der Waals surface area contributed by atoms with Crippen molar-refractivity contribution in [2.45, 2.75) is 17.6 Å². The van der Waals surface area contributed by atoms with Gasteiger partial charge in [-0.3, -0.25) is 14.2 Å². The molecule has 0 spiro atoms. The molecule has 0 aliphatic carbocycles. The van der Waals surface area contributed by atoms with Crippen LogP contribution in [0.25, 0.3) is 16.7 Å². The van der Waals surface area contributed by atoms with Crippen molar-refractivity contribution in [1.82, 2.24) is 19.3 Å². The number of alkyl halides is 3. The first-order chi connectivity index (χ1) is 15.8. The molecule has 168 valence electrons. The Balaban J connectivity index is 1.46. The number of carbonyl (C=O) groups excluding carboxylic acids is 1. The van der Waals surface area contributed by atoms with E-state index in [1.165, 1.54) is 33.9 Å². The lowest BCUT2D eigenvalue weighted by Gasteiger charge is -2.29. The molecule has 0 saturated heterocycles. The molecule has 1 aliphatic heterocycles. The van der Waals surface area contributed by atoms with E-state index in [2.05, 4.69) is 10.1 Å². The SMILES string of the molecule is O=C(Cn1cnc2c(cnn2-c2cccc(C(F)(F)F)c2)c1=O)N1CCSc2ccccc21. The molecule has 0 fully saturated rings. The summed E-state index contributed by atoms with van der Waals surface area (Å²) in [6, 6.07) is 12.2. The average Bonchev–Trinajstić information content (AvgIpc) is 3.25. The summed E-state index contributed by atoms with van der Waals surface area (Å²) in [4.78, 5) is 32.8. The Morgan fingerprint density at radius 1 is 1.12 bits per heavy atom. The van der Waals surface area contributed by atoms with E-state index in [0.717, 1.165) is 28.5 Å². The van der Waals surface area contributed by atoms with Crippen LogP contribution in [-0.4, -0.2) is 37.5 Å². The van der Waals surface area contributed by atoms with Crippen molar-refractivity contribution in [3.8, 4) is 5.69 Å².